The molecule has 20 heavy (non-hydrogen) atoms. The van der Waals surface area contributed by atoms with Gasteiger partial charge in [0, 0.05) is 5.92 Å². The third-order valence-corrected chi connectivity index (χ3v) is 4.15. The van der Waals surface area contributed by atoms with E-state index in [-0.39, 0.29) is 6.10 Å². The lowest BCUT2D eigenvalue weighted by Crippen LogP contribution is -3.14. The van der Waals surface area contributed by atoms with Gasteiger partial charge in [-0.3, -0.25) is 0 Å². The average molecular weight is 278 g/mol. The molecule has 0 aromatic heterocycles. The van der Waals surface area contributed by atoms with Crippen LogP contribution >= 0.6 is 0 Å². The van der Waals surface area contributed by atoms with Crippen molar-refractivity contribution in [1.82, 2.24) is 0 Å². The summed E-state index contributed by atoms with van der Waals surface area (Å²) in [5.74, 6) is 1.67. The smallest absolute Gasteiger partial charge is 0.137 e. The lowest BCUT2D eigenvalue weighted by molar-refractivity contribution is -0.911. The normalized spacial score (nSPS) is 24.4. The number of ether oxygens (including phenoxy) is 1. The second-order valence-electron chi connectivity index (χ2n) is 6.39. The Morgan fingerprint density at radius 2 is 2.20 bits per heavy atom. The fraction of sp³-hybridized carbons (Fsp3) is 0.647. The largest absolute Gasteiger partial charge is 0.490 e. The van der Waals surface area contributed by atoms with Gasteiger partial charge in [-0.1, -0.05) is 24.6 Å². The number of aryl methyl sites for hydroxylation is 2. The van der Waals surface area contributed by atoms with Crippen molar-refractivity contribution in [2.45, 2.75) is 39.7 Å². The summed E-state index contributed by atoms with van der Waals surface area (Å²) < 4.78 is 5.76. The fourth-order valence-electron chi connectivity index (χ4n) is 3.12. The van der Waals surface area contributed by atoms with Crippen molar-refractivity contribution in [3.8, 4) is 5.75 Å². The molecule has 3 nitrogen and oxygen atoms in total. The van der Waals surface area contributed by atoms with Gasteiger partial charge >= 0.3 is 0 Å². The van der Waals surface area contributed by atoms with E-state index in [0.29, 0.717) is 6.61 Å². The van der Waals surface area contributed by atoms with Gasteiger partial charge in [0.1, 0.15) is 25.0 Å². The number of likely N-dealkylation sites (tertiary alicyclic amines) is 1. The number of aliphatic hydroxyl groups excluding tert-OH is 1. The molecule has 1 unspecified atom stereocenters. The molecule has 2 rings (SSSR count). The van der Waals surface area contributed by atoms with E-state index in [1.54, 1.807) is 0 Å². The Hall–Kier alpha value is -1.06. The van der Waals surface area contributed by atoms with E-state index in [4.69, 9.17) is 4.74 Å². The van der Waals surface area contributed by atoms with Gasteiger partial charge in [0.2, 0.25) is 0 Å². The lowest BCUT2D eigenvalue weighted by atomic mass is 10.0. The molecule has 0 radical (unpaired) electrons. The highest BCUT2D eigenvalue weighted by Gasteiger charge is 2.22. The highest BCUT2D eigenvalue weighted by atomic mass is 16.5. The van der Waals surface area contributed by atoms with E-state index in [1.807, 2.05) is 19.1 Å². The van der Waals surface area contributed by atoms with Crippen LogP contribution in [0.4, 0.5) is 0 Å². The zero-order valence-corrected chi connectivity index (χ0v) is 13.0. The van der Waals surface area contributed by atoms with E-state index < -0.39 is 0 Å². The molecule has 1 heterocycles. The molecule has 1 fully saturated rings. The van der Waals surface area contributed by atoms with Gasteiger partial charge in [0.25, 0.3) is 0 Å². The summed E-state index contributed by atoms with van der Waals surface area (Å²) in [4.78, 5) is 1.51. The van der Waals surface area contributed by atoms with Gasteiger partial charge in [0.05, 0.1) is 13.1 Å². The minimum Gasteiger partial charge on any atom is -0.490 e. The first-order valence-corrected chi connectivity index (χ1v) is 7.76. The van der Waals surface area contributed by atoms with E-state index >= 15 is 0 Å². The predicted molar refractivity (Wildman–Crippen MR) is 81.4 cm³/mol. The van der Waals surface area contributed by atoms with Crippen LogP contribution in [-0.4, -0.2) is 37.5 Å². The van der Waals surface area contributed by atoms with Crippen LogP contribution in [0.1, 0.15) is 30.9 Å². The zero-order chi connectivity index (χ0) is 14.5. The van der Waals surface area contributed by atoms with E-state index in [2.05, 4.69) is 19.9 Å². The molecule has 0 amide bonds. The molecule has 0 saturated carbocycles. The monoisotopic (exact) mass is 278 g/mol. The maximum Gasteiger partial charge on any atom is 0.137 e. The van der Waals surface area contributed by atoms with Crippen LogP contribution in [0, 0.1) is 19.8 Å². The molecule has 3 atom stereocenters. The summed E-state index contributed by atoms with van der Waals surface area (Å²) in [7, 11) is 0. The van der Waals surface area contributed by atoms with Crippen LogP contribution in [0.5, 0.6) is 5.75 Å². The Morgan fingerprint density at radius 1 is 1.40 bits per heavy atom. The van der Waals surface area contributed by atoms with Crippen LogP contribution < -0.4 is 9.64 Å². The molecule has 1 aliphatic rings. The van der Waals surface area contributed by atoms with E-state index in [1.165, 1.54) is 36.4 Å². The lowest BCUT2D eigenvalue weighted by Gasteiger charge is -2.29. The van der Waals surface area contributed by atoms with E-state index in [9.17, 15) is 5.11 Å². The van der Waals surface area contributed by atoms with Crippen molar-refractivity contribution in [2.75, 3.05) is 26.2 Å². The molecular formula is C17H28NO2+. The van der Waals surface area contributed by atoms with E-state index in [0.717, 1.165) is 23.8 Å². The van der Waals surface area contributed by atoms with Crippen molar-refractivity contribution in [3.63, 3.8) is 0 Å². The minimum atomic E-state index is -0.379. The second kappa shape index (κ2) is 7.09. The molecule has 112 valence electrons. The topological polar surface area (TPSA) is 33.9 Å². The molecular weight excluding hydrogens is 250 g/mol. The standard InChI is InChI=1S/C17H27NO2/c1-13-6-7-17(15(3)9-13)20-12-16(19)11-18-8-4-5-14(2)10-18/h6-7,9,14,16,19H,4-5,8,10-12H2,1-3H3/p+1/t14-,16-/m0/s1. The van der Waals surface area contributed by atoms with Gasteiger partial charge in [-0.2, -0.15) is 0 Å². The van der Waals surface area contributed by atoms with Crippen molar-refractivity contribution >= 4 is 0 Å². The van der Waals surface area contributed by atoms with Gasteiger partial charge in [-0.25, -0.2) is 0 Å². The third-order valence-electron chi connectivity index (χ3n) is 4.15. The number of quaternary nitrogens is 1. The molecule has 1 saturated heterocycles. The zero-order valence-electron chi connectivity index (χ0n) is 13.0. The van der Waals surface area contributed by atoms with Crippen LogP contribution in [0.2, 0.25) is 0 Å². The molecule has 0 bridgehead atoms. The highest BCUT2D eigenvalue weighted by molar-refractivity contribution is 5.35. The first-order valence-electron chi connectivity index (χ1n) is 7.76. The average Bonchev–Trinajstić information content (AvgIpc) is 2.37. The van der Waals surface area contributed by atoms with Gasteiger partial charge in [0.15, 0.2) is 0 Å². The first kappa shape index (κ1) is 15.3. The second-order valence-corrected chi connectivity index (χ2v) is 6.39. The van der Waals surface area contributed by atoms with Crippen molar-refractivity contribution in [1.29, 1.82) is 0 Å². The number of aliphatic hydroxyl groups is 1. The van der Waals surface area contributed by atoms with Gasteiger partial charge < -0.3 is 14.7 Å². The summed E-state index contributed by atoms with van der Waals surface area (Å²) >= 11 is 0. The predicted octanol–water partition coefficient (Wildman–Crippen LogP) is 1.36. The molecule has 1 aliphatic heterocycles. The molecule has 0 aliphatic carbocycles. The Labute approximate surface area is 122 Å². The quantitative estimate of drug-likeness (QED) is 0.853. The number of piperidine rings is 1. The van der Waals surface area contributed by atoms with Crippen LogP contribution in [-0.2, 0) is 0 Å². The molecule has 1 aromatic rings. The fourth-order valence-corrected chi connectivity index (χ4v) is 3.12. The summed E-state index contributed by atoms with van der Waals surface area (Å²) in [6, 6.07) is 6.15. The van der Waals surface area contributed by atoms with Crippen molar-refractivity contribution in [2.24, 2.45) is 5.92 Å². The first-order chi connectivity index (χ1) is 9.54. The minimum absolute atomic E-state index is 0.379. The summed E-state index contributed by atoms with van der Waals surface area (Å²) in [6.07, 6.45) is 2.23. The maximum absolute atomic E-state index is 10.1. The van der Waals surface area contributed by atoms with Crippen LogP contribution in [0.25, 0.3) is 0 Å². The summed E-state index contributed by atoms with van der Waals surface area (Å²) in [5.41, 5.74) is 2.37. The third kappa shape index (κ3) is 4.50. The van der Waals surface area contributed by atoms with Crippen molar-refractivity contribution < 1.29 is 14.7 Å². The Kier molecular flexibility index (Phi) is 5.44. The van der Waals surface area contributed by atoms with Gasteiger partial charge in [-0.15, -0.1) is 0 Å². The molecule has 2 N–H and O–H groups in total. The molecule has 0 spiro atoms. The Morgan fingerprint density at radius 3 is 2.90 bits per heavy atom. The number of rotatable bonds is 5. The number of hydrogen-bond donors (Lipinski definition) is 2. The van der Waals surface area contributed by atoms with Crippen LogP contribution in [0.3, 0.4) is 0 Å². The van der Waals surface area contributed by atoms with Crippen molar-refractivity contribution in [3.05, 3.63) is 29.3 Å². The Bertz CT molecular complexity index is 433. The summed E-state index contributed by atoms with van der Waals surface area (Å²) in [5, 5.41) is 10.1. The molecule has 3 heteroatoms. The van der Waals surface area contributed by atoms with Gasteiger partial charge in [-0.05, 0) is 38.3 Å². The highest BCUT2D eigenvalue weighted by Crippen LogP contribution is 2.18. The molecule has 1 aromatic carbocycles. The summed E-state index contributed by atoms with van der Waals surface area (Å²) in [6.45, 7) is 9.99. The number of benzene rings is 1. The number of nitrogens with one attached hydrogen (secondary N) is 1. The van der Waals surface area contributed by atoms with Crippen LogP contribution in [0.15, 0.2) is 18.2 Å². The maximum atomic E-state index is 10.1. The Balaban J connectivity index is 1.78. The number of hydrogen-bond acceptors (Lipinski definition) is 2. The SMILES string of the molecule is Cc1ccc(OC[C@@H](O)C[NH+]2CCC[C@H](C)C2)c(C)c1.